The van der Waals surface area contributed by atoms with Crippen LogP contribution in [0.15, 0.2) is 18.2 Å². The maximum Gasteiger partial charge on any atom is 0.119 e. The number of aryl methyl sites for hydroxylation is 1. The van der Waals surface area contributed by atoms with Crippen molar-refractivity contribution in [2.24, 2.45) is 11.8 Å². The Morgan fingerprint density at radius 2 is 1.96 bits per heavy atom. The molecule has 1 fully saturated rings. The molecule has 0 saturated carbocycles. The summed E-state index contributed by atoms with van der Waals surface area (Å²) in [5.74, 6) is 2.59. The summed E-state index contributed by atoms with van der Waals surface area (Å²) in [5.41, 5.74) is 3.08. The van der Waals surface area contributed by atoms with Crippen LogP contribution in [0.3, 0.4) is 0 Å². The summed E-state index contributed by atoms with van der Waals surface area (Å²) in [4.78, 5) is 2.67. The van der Waals surface area contributed by atoms with Gasteiger partial charge in [0.25, 0.3) is 0 Å². The lowest BCUT2D eigenvalue weighted by Crippen LogP contribution is -2.32. The number of nitrogens with one attached hydrogen (secondary N) is 1. The van der Waals surface area contributed by atoms with Crippen LogP contribution in [0.4, 0.5) is 0 Å². The molecule has 1 aromatic rings. The van der Waals surface area contributed by atoms with E-state index in [-0.39, 0.29) is 0 Å². The first-order valence-corrected chi connectivity index (χ1v) is 10.8. The van der Waals surface area contributed by atoms with Gasteiger partial charge < -0.3 is 15.0 Å². The van der Waals surface area contributed by atoms with Crippen molar-refractivity contribution in [1.82, 2.24) is 10.2 Å². The van der Waals surface area contributed by atoms with E-state index in [1.165, 1.54) is 57.3 Å². The Balaban J connectivity index is 1.40. The number of nitrogens with zero attached hydrogens (tertiary/aromatic N) is 1. The molecule has 1 saturated heterocycles. The fraction of sp³-hybridized carbons (Fsp3) is 0.739. The molecule has 2 atom stereocenters. The van der Waals surface area contributed by atoms with Gasteiger partial charge in [0, 0.05) is 12.6 Å². The number of benzene rings is 1. The van der Waals surface area contributed by atoms with E-state index < -0.39 is 0 Å². The van der Waals surface area contributed by atoms with Crippen molar-refractivity contribution in [1.29, 1.82) is 0 Å². The van der Waals surface area contributed by atoms with Crippen molar-refractivity contribution in [3.05, 3.63) is 29.3 Å². The maximum atomic E-state index is 6.00. The Morgan fingerprint density at radius 1 is 1.15 bits per heavy atom. The van der Waals surface area contributed by atoms with Crippen molar-refractivity contribution in [2.45, 2.75) is 65.3 Å². The molecule has 0 radical (unpaired) electrons. The zero-order valence-electron chi connectivity index (χ0n) is 17.1. The van der Waals surface area contributed by atoms with Gasteiger partial charge in [0.2, 0.25) is 0 Å². The fourth-order valence-corrected chi connectivity index (χ4v) is 4.21. The Labute approximate surface area is 160 Å². The second-order valence-electron chi connectivity index (χ2n) is 8.74. The first kappa shape index (κ1) is 19.7. The molecule has 1 aliphatic heterocycles. The van der Waals surface area contributed by atoms with E-state index in [1.54, 1.807) is 5.56 Å². The minimum absolute atomic E-state index is 0.576. The molecule has 2 unspecified atom stereocenters. The van der Waals surface area contributed by atoms with E-state index in [1.807, 2.05) is 0 Å². The summed E-state index contributed by atoms with van der Waals surface area (Å²) < 4.78 is 6.00. The highest BCUT2D eigenvalue weighted by Gasteiger charge is 2.22. The van der Waals surface area contributed by atoms with Crippen LogP contribution < -0.4 is 10.1 Å². The quantitative estimate of drug-likeness (QED) is 0.667. The highest BCUT2D eigenvalue weighted by molar-refractivity contribution is 5.37. The lowest BCUT2D eigenvalue weighted by atomic mass is 9.83. The summed E-state index contributed by atoms with van der Waals surface area (Å²) >= 11 is 0. The monoisotopic (exact) mass is 358 g/mol. The molecule has 26 heavy (non-hydrogen) atoms. The second kappa shape index (κ2) is 9.75. The average Bonchev–Trinajstić information content (AvgIpc) is 3.14. The summed E-state index contributed by atoms with van der Waals surface area (Å²) in [6, 6.07) is 7.37. The van der Waals surface area contributed by atoms with E-state index >= 15 is 0 Å². The number of ether oxygens (including phenoxy) is 1. The Morgan fingerprint density at radius 3 is 2.73 bits per heavy atom. The van der Waals surface area contributed by atoms with Crippen LogP contribution in [0.25, 0.3) is 0 Å². The van der Waals surface area contributed by atoms with E-state index in [4.69, 9.17) is 4.74 Å². The zero-order valence-corrected chi connectivity index (χ0v) is 17.1. The van der Waals surface area contributed by atoms with Crippen molar-refractivity contribution in [2.75, 3.05) is 32.8 Å². The summed E-state index contributed by atoms with van der Waals surface area (Å²) in [7, 11) is 0. The van der Waals surface area contributed by atoms with Crippen molar-refractivity contribution in [3.8, 4) is 5.75 Å². The molecular formula is C23H38N2O. The van der Waals surface area contributed by atoms with Crippen LogP contribution in [0.5, 0.6) is 5.75 Å². The van der Waals surface area contributed by atoms with Crippen molar-refractivity contribution in [3.63, 3.8) is 0 Å². The van der Waals surface area contributed by atoms with E-state index in [9.17, 15) is 0 Å². The molecule has 146 valence electrons. The number of likely N-dealkylation sites (tertiary alicyclic amines) is 1. The Kier molecular flexibility index (Phi) is 7.39. The van der Waals surface area contributed by atoms with Gasteiger partial charge in [-0.25, -0.2) is 0 Å². The third-order valence-corrected chi connectivity index (χ3v) is 6.28. The molecular weight excluding hydrogens is 320 g/mol. The standard InChI is InChI=1S/C23H38N2O/c1-18(2)19(3)24-11-6-14-26-23-10-9-21-15-20(7-8-22(21)16-23)17-25-12-4-5-13-25/h9-10,16,18-20,24H,4-8,11-15,17H2,1-3H3. The van der Waals surface area contributed by atoms with Gasteiger partial charge in [0.05, 0.1) is 6.61 Å². The van der Waals surface area contributed by atoms with E-state index in [0.29, 0.717) is 12.0 Å². The predicted molar refractivity (Wildman–Crippen MR) is 110 cm³/mol. The van der Waals surface area contributed by atoms with Crippen LogP contribution in [-0.4, -0.2) is 43.7 Å². The number of hydrogen-bond donors (Lipinski definition) is 1. The number of rotatable bonds is 9. The average molecular weight is 359 g/mol. The van der Waals surface area contributed by atoms with Crippen LogP contribution in [0.1, 0.15) is 57.6 Å². The molecule has 3 nitrogen and oxygen atoms in total. The summed E-state index contributed by atoms with van der Waals surface area (Å²) in [5, 5.41) is 3.57. The molecule has 1 aliphatic carbocycles. The van der Waals surface area contributed by atoms with E-state index in [0.717, 1.165) is 31.2 Å². The van der Waals surface area contributed by atoms with Gasteiger partial charge in [-0.2, -0.15) is 0 Å². The first-order valence-electron chi connectivity index (χ1n) is 10.8. The molecule has 1 heterocycles. The number of fused-ring (bicyclic) bond motifs is 1. The predicted octanol–water partition coefficient (Wildman–Crippen LogP) is 4.29. The first-order chi connectivity index (χ1) is 12.6. The summed E-state index contributed by atoms with van der Waals surface area (Å²) in [6.45, 7) is 12.6. The van der Waals surface area contributed by atoms with Gasteiger partial charge in [-0.3, -0.25) is 0 Å². The van der Waals surface area contributed by atoms with Crippen LogP contribution in [0.2, 0.25) is 0 Å². The molecule has 1 N–H and O–H groups in total. The zero-order chi connectivity index (χ0) is 18.4. The van der Waals surface area contributed by atoms with Crippen molar-refractivity contribution >= 4 is 0 Å². The largest absolute Gasteiger partial charge is 0.494 e. The Hall–Kier alpha value is -1.06. The van der Waals surface area contributed by atoms with Crippen LogP contribution in [0, 0.1) is 11.8 Å². The SMILES string of the molecule is CC(C)C(C)NCCCOc1ccc2c(c1)CCC(CN1CCCC1)C2. The molecule has 0 spiro atoms. The lowest BCUT2D eigenvalue weighted by molar-refractivity contribution is 0.261. The van der Waals surface area contributed by atoms with Gasteiger partial charge in [-0.05, 0) is 100 Å². The molecule has 0 aromatic heterocycles. The smallest absolute Gasteiger partial charge is 0.119 e. The normalized spacial score (nSPS) is 21.8. The highest BCUT2D eigenvalue weighted by Crippen LogP contribution is 2.29. The molecule has 0 amide bonds. The molecule has 2 aliphatic rings. The van der Waals surface area contributed by atoms with Gasteiger partial charge in [-0.1, -0.05) is 19.9 Å². The van der Waals surface area contributed by atoms with Gasteiger partial charge in [-0.15, -0.1) is 0 Å². The van der Waals surface area contributed by atoms with E-state index in [2.05, 4.69) is 49.2 Å². The second-order valence-corrected chi connectivity index (χ2v) is 8.74. The lowest BCUT2D eigenvalue weighted by Gasteiger charge is -2.28. The third kappa shape index (κ3) is 5.72. The van der Waals surface area contributed by atoms with Crippen LogP contribution in [-0.2, 0) is 12.8 Å². The minimum Gasteiger partial charge on any atom is -0.494 e. The molecule has 0 bridgehead atoms. The van der Waals surface area contributed by atoms with Crippen molar-refractivity contribution < 1.29 is 4.74 Å². The van der Waals surface area contributed by atoms with Gasteiger partial charge >= 0.3 is 0 Å². The van der Waals surface area contributed by atoms with Crippen LogP contribution >= 0.6 is 0 Å². The van der Waals surface area contributed by atoms with Gasteiger partial charge in [0.1, 0.15) is 5.75 Å². The fourth-order valence-electron chi connectivity index (χ4n) is 4.21. The minimum atomic E-state index is 0.576. The highest BCUT2D eigenvalue weighted by atomic mass is 16.5. The summed E-state index contributed by atoms with van der Waals surface area (Å²) in [6.07, 6.45) is 7.67. The third-order valence-electron chi connectivity index (χ3n) is 6.28. The van der Waals surface area contributed by atoms with Gasteiger partial charge in [0.15, 0.2) is 0 Å². The number of hydrogen-bond acceptors (Lipinski definition) is 3. The molecule has 3 heteroatoms. The topological polar surface area (TPSA) is 24.5 Å². The molecule has 1 aromatic carbocycles. The Bertz CT molecular complexity index is 551. The maximum absolute atomic E-state index is 6.00. The molecule has 3 rings (SSSR count).